The van der Waals surface area contributed by atoms with Gasteiger partial charge in [-0.15, -0.1) is 0 Å². The SMILES string of the molecule is C=CC(=O)OC1CCC2(C)C(=CCC3C2CCC2(C)C(C(C)CCCC(C)C)CCC32)C1. The quantitative estimate of drug-likeness (QED) is 0.227. The summed E-state index contributed by atoms with van der Waals surface area (Å²) in [5.74, 6) is 4.97. The second kappa shape index (κ2) is 9.30. The number of ether oxygens (including phenoxy) is 1. The van der Waals surface area contributed by atoms with Crippen LogP contribution in [0.15, 0.2) is 24.3 Å². The van der Waals surface area contributed by atoms with Gasteiger partial charge in [-0.05, 0) is 91.3 Å². The molecule has 0 N–H and O–H groups in total. The Labute approximate surface area is 197 Å². The van der Waals surface area contributed by atoms with Crippen LogP contribution in [0.5, 0.6) is 0 Å². The predicted octanol–water partition coefficient (Wildman–Crippen LogP) is 8.13. The van der Waals surface area contributed by atoms with E-state index in [2.05, 4.69) is 47.3 Å². The van der Waals surface area contributed by atoms with Crippen LogP contribution in [-0.2, 0) is 9.53 Å². The van der Waals surface area contributed by atoms with Crippen LogP contribution in [0.25, 0.3) is 0 Å². The van der Waals surface area contributed by atoms with Crippen LogP contribution < -0.4 is 0 Å². The second-order valence-electron chi connectivity index (χ2n) is 12.8. The molecule has 0 aromatic rings. The maximum atomic E-state index is 11.7. The Kier molecular flexibility index (Phi) is 7.00. The molecule has 0 aromatic carbocycles. The molecule has 4 aliphatic carbocycles. The third kappa shape index (κ3) is 4.25. The zero-order valence-electron chi connectivity index (χ0n) is 21.5. The summed E-state index contributed by atoms with van der Waals surface area (Å²) in [4.78, 5) is 11.7. The summed E-state index contributed by atoms with van der Waals surface area (Å²) in [6, 6.07) is 0. The first-order valence-corrected chi connectivity index (χ1v) is 13.7. The molecule has 4 rings (SSSR count). The molecule has 0 heterocycles. The number of fused-ring (bicyclic) bond motifs is 5. The standard InChI is InChI=1S/C30H48O2/c1-7-28(31)32-23-15-17-29(5)22(19-23)11-12-24-26-14-13-25(21(4)10-8-9-20(2)3)30(26,6)18-16-27(24)29/h7,11,20-21,23-27H,1,8-10,12-19H2,2-6H3. The van der Waals surface area contributed by atoms with E-state index in [0.29, 0.717) is 10.8 Å². The zero-order chi connectivity index (χ0) is 23.1. The lowest BCUT2D eigenvalue weighted by Crippen LogP contribution is -2.51. The Morgan fingerprint density at radius 1 is 1.12 bits per heavy atom. The van der Waals surface area contributed by atoms with Crippen LogP contribution in [0, 0.1) is 46.3 Å². The summed E-state index contributed by atoms with van der Waals surface area (Å²) in [5, 5.41) is 0. The molecule has 3 saturated carbocycles. The molecule has 8 atom stereocenters. The van der Waals surface area contributed by atoms with Gasteiger partial charge in [0.15, 0.2) is 0 Å². The number of hydrogen-bond donors (Lipinski definition) is 0. The van der Waals surface area contributed by atoms with Crippen molar-refractivity contribution >= 4 is 5.97 Å². The Balaban J connectivity index is 1.46. The smallest absolute Gasteiger partial charge is 0.330 e. The predicted molar refractivity (Wildman–Crippen MR) is 133 cm³/mol. The lowest BCUT2D eigenvalue weighted by Gasteiger charge is -2.58. The average molecular weight is 441 g/mol. The van der Waals surface area contributed by atoms with Crippen molar-refractivity contribution in [3.63, 3.8) is 0 Å². The van der Waals surface area contributed by atoms with Gasteiger partial charge in [-0.1, -0.05) is 72.1 Å². The van der Waals surface area contributed by atoms with Crippen molar-refractivity contribution in [2.24, 2.45) is 46.3 Å². The Morgan fingerprint density at radius 3 is 2.62 bits per heavy atom. The molecule has 180 valence electrons. The third-order valence-corrected chi connectivity index (χ3v) is 10.7. The first-order valence-electron chi connectivity index (χ1n) is 13.7. The van der Waals surface area contributed by atoms with Crippen LogP contribution in [-0.4, -0.2) is 12.1 Å². The largest absolute Gasteiger partial charge is 0.459 e. The van der Waals surface area contributed by atoms with E-state index in [1.165, 1.54) is 63.9 Å². The molecular formula is C30H48O2. The molecular weight excluding hydrogens is 392 g/mol. The molecule has 0 aliphatic heterocycles. The monoisotopic (exact) mass is 440 g/mol. The van der Waals surface area contributed by atoms with Gasteiger partial charge in [-0.3, -0.25) is 0 Å². The van der Waals surface area contributed by atoms with Crippen molar-refractivity contribution in [1.82, 2.24) is 0 Å². The topological polar surface area (TPSA) is 26.3 Å². The summed E-state index contributed by atoms with van der Waals surface area (Å²) < 4.78 is 5.65. The molecule has 0 spiro atoms. The molecule has 0 radical (unpaired) electrons. The Bertz CT molecular complexity index is 735. The van der Waals surface area contributed by atoms with E-state index in [1.807, 2.05) is 0 Å². The summed E-state index contributed by atoms with van der Waals surface area (Å²) >= 11 is 0. The van der Waals surface area contributed by atoms with Gasteiger partial charge in [0.25, 0.3) is 0 Å². The molecule has 0 bridgehead atoms. The van der Waals surface area contributed by atoms with E-state index in [9.17, 15) is 4.79 Å². The molecule has 2 heteroatoms. The van der Waals surface area contributed by atoms with Crippen molar-refractivity contribution in [2.75, 3.05) is 0 Å². The maximum absolute atomic E-state index is 11.7. The zero-order valence-corrected chi connectivity index (χ0v) is 21.5. The van der Waals surface area contributed by atoms with Gasteiger partial charge in [0.05, 0.1) is 0 Å². The maximum Gasteiger partial charge on any atom is 0.330 e. The van der Waals surface area contributed by atoms with Crippen molar-refractivity contribution in [2.45, 2.75) is 111 Å². The van der Waals surface area contributed by atoms with Crippen molar-refractivity contribution in [3.05, 3.63) is 24.3 Å². The number of rotatable bonds is 7. The van der Waals surface area contributed by atoms with Gasteiger partial charge in [0, 0.05) is 12.5 Å². The summed E-state index contributed by atoms with van der Waals surface area (Å²) in [6.45, 7) is 16.1. The van der Waals surface area contributed by atoms with Gasteiger partial charge in [-0.2, -0.15) is 0 Å². The Hall–Kier alpha value is -1.05. The molecule has 3 fully saturated rings. The number of allylic oxidation sites excluding steroid dienone is 1. The lowest BCUT2D eigenvalue weighted by molar-refractivity contribution is -0.145. The molecule has 0 aromatic heterocycles. The normalized spacial score (nSPS) is 41.8. The van der Waals surface area contributed by atoms with Gasteiger partial charge < -0.3 is 4.74 Å². The highest BCUT2D eigenvalue weighted by molar-refractivity contribution is 5.81. The molecule has 4 aliphatic rings. The highest BCUT2D eigenvalue weighted by Gasteiger charge is 2.59. The molecule has 0 saturated heterocycles. The first kappa shape index (κ1) is 24.1. The minimum atomic E-state index is -0.263. The summed E-state index contributed by atoms with van der Waals surface area (Å²) in [7, 11) is 0. The van der Waals surface area contributed by atoms with Crippen molar-refractivity contribution in [1.29, 1.82) is 0 Å². The van der Waals surface area contributed by atoms with E-state index in [4.69, 9.17) is 4.74 Å². The highest BCUT2D eigenvalue weighted by atomic mass is 16.5. The summed E-state index contributed by atoms with van der Waals surface area (Å²) in [5.41, 5.74) is 2.46. The van der Waals surface area contributed by atoms with E-state index < -0.39 is 0 Å². The fraction of sp³-hybridized carbons (Fsp3) is 0.833. The molecule has 0 amide bonds. The third-order valence-electron chi connectivity index (χ3n) is 10.7. The van der Waals surface area contributed by atoms with E-state index in [0.717, 1.165) is 48.3 Å². The van der Waals surface area contributed by atoms with E-state index >= 15 is 0 Å². The molecule has 2 nitrogen and oxygen atoms in total. The van der Waals surface area contributed by atoms with Gasteiger partial charge >= 0.3 is 5.97 Å². The van der Waals surface area contributed by atoms with E-state index in [-0.39, 0.29) is 12.1 Å². The second-order valence-corrected chi connectivity index (χ2v) is 12.8. The lowest BCUT2D eigenvalue weighted by atomic mass is 9.47. The number of esters is 1. The van der Waals surface area contributed by atoms with Crippen LogP contribution >= 0.6 is 0 Å². The number of hydrogen-bond acceptors (Lipinski definition) is 2. The minimum Gasteiger partial charge on any atom is -0.459 e. The Morgan fingerprint density at radius 2 is 1.91 bits per heavy atom. The molecule has 32 heavy (non-hydrogen) atoms. The first-order chi connectivity index (χ1) is 15.2. The van der Waals surface area contributed by atoms with Crippen LogP contribution in [0.3, 0.4) is 0 Å². The van der Waals surface area contributed by atoms with Gasteiger partial charge in [0.1, 0.15) is 6.10 Å². The fourth-order valence-corrected chi connectivity index (χ4v) is 8.97. The van der Waals surface area contributed by atoms with Gasteiger partial charge in [-0.25, -0.2) is 4.79 Å². The highest BCUT2D eigenvalue weighted by Crippen LogP contribution is 2.67. The van der Waals surface area contributed by atoms with E-state index in [1.54, 1.807) is 5.57 Å². The number of carbonyl (C=O) groups excluding carboxylic acids is 1. The molecule has 8 unspecified atom stereocenters. The average Bonchev–Trinajstić information content (AvgIpc) is 3.11. The van der Waals surface area contributed by atoms with Gasteiger partial charge in [0.2, 0.25) is 0 Å². The minimum absolute atomic E-state index is 0.0489. The van der Waals surface area contributed by atoms with Crippen molar-refractivity contribution in [3.8, 4) is 0 Å². The summed E-state index contributed by atoms with van der Waals surface area (Å²) in [6.07, 6.45) is 18.3. The van der Waals surface area contributed by atoms with Crippen LogP contribution in [0.2, 0.25) is 0 Å². The van der Waals surface area contributed by atoms with Crippen LogP contribution in [0.1, 0.15) is 105 Å². The fourth-order valence-electron chi connectivity index (χ4n) is 8.97. The van der Waals surface area contributed by atoms with Crippen molar-refractivity contribution < 1.29 is 9.53 Å². The number of carbonyl (C=O) groups is 1. The van der Waals surface area contributed by atoms with Crippen LogP contribution in [0.4, 0.5) is 0 Å².